The van der Waals surface area contributed by atoms with Crippen LogP contribution in [0.25, 0.3) is 0 Å². The van der Waals surface area contributed by atoms with E-state index >= 15 is 0 Å². The quantitative estimate of drug-likeness (QED) is 0.736. The largest absolute Gasteiger partial charge is 0.360 e. The first kappa shape index (κ1) is 9.81. The van der Waals surface area contributed by atoms with Gasteiger partial charge in [0.15, 0.2) is 0 Å². The molecule has 0 saturated carbocycles. The van der Waals surface area contributed by atoms with E-state index in [0.29, 0.717) is 0 Å². The maximum Gasteiger partial charge on any atom is 0.0934 e. The number of halogens is 1. The molecular formula is C11H16ClN2+. The molecule has 1 heterocycles. The number of hydrogen-bond donors (Lipinski definition) is 1. The number of rotatable bonds is 1. The zero-order valence-electron chi connectivity index (χ0n) is 8.46. The Bertz CT molecular complexity index is 319. The number of hydrogen-bond acceptors (Lipinski definition) is 1. The predicted molar refractivity (Wildman–Crippen MR) is 60.1 cm³/mol. The SMILES string of the molecule is Cc1cc(Cl)ccc1N1CC[NH2+]CC1. The van der Waals surface area contributed by atoms with Gasteiger partial charge in [-0.15, -0.1) is 0 Å². The summed E-state index contributed by atoms with van der Waals surface area (Å²) >= 11 is 5.93. The zero-order chi connectivity index (χ0) is 9.97. The molecule has 0 aliphatic carbocycles. The molecule has 0 bridgehead atoms. The number of nitrogens with two attached hydrogens (primary N) is 1. The molecule has 1 aliphatic rings. The summed E-state index contributed by atoms with van der Waals surface area (Å²) in [5.74, 6) is 0. The summed E-state index contributed by atoms with van der Waals surface area (Å²) in [5.41, 5.74) is 2.61. The summed E-state index contributed by atoms with van der Waals surface area (Å²) in [6, 6.07) is 6.14. The summed E-state index contributed by atoms with van der Waals surface area (Å²) < 4.78 is 0. The van der Waals surface area contributed by atoms with Gasteiger partial charge >= 0.3 is 0 Å². The van der Waals surface area contributed by atoms with Crippen LogP contribution >= 0.6 is 11.6 Å². The van der Waals surface area contributed by atoms with Gasteiger partial charge in [-0.3, -0.25) is 0 Å². The fourth-order valence-electron chi connectivity index (χ4n) is 1.96. The van der Waals surface area contributed by atoms with Gasteiger partial charge in [0.1, 0.15) is 0 Å². The van der Waals surface area contributed by atoms with E-state index in [0.717, 1.165) is 18.1 Å². The third-order valence-corrected chi connectivity index (χ3v) is 2.94. The van der Waals surface area contributed by atoms with Crippen LogP contribution in [0, 0.1) is 6.92 Å². The molecule has 1 aromatic rings. The molecule has 14 heavy (non-hydrogen) atoms. The molecular weight excluding hydrogens is 196 g/mol. The van der Waals surface area contributed by atoms with Gasteiger partial charge in [0.2, 0.25) is 0 Å². The van der Waals surface area contributed by atoms with Crippen LogP contribution in [0.4, 0.5) is 5.69 Å². The van der Waals surface area contributed by atoms with E-state index in [1.165, 1.54) is 24.3 Å². The Balaban J connectivity index is 2.22. The van der Waals surface area contributed by atoms with Crippen molar-refractivity contribution in [2.24, 2.45) is 0 Å². The summed E-state index contributed by atoms with van der Waals surface area (Å²) in [7, 11) is 0. The lowest BCUT2D eigenvalue weighted by molar-refractivity contribution is -0.655. The Hall–Kier alpha value is -0.730. The van der Waals surface area contributed by atoms with Crippen LogP contribution in [0.15, 0.2) is 18.2 Å². The molecule has 1 fully saturated rings. The lowest BCUT2D eigenvalue weighted by Gasteiger charge is -2.28. The molecule has 2 rings (SSSR count). The van der Waals surface area contributed by atoms with Gasteiger partial charge < -0.3 is 10.2 Å². The summed E-state index contributed by atoms with van der Waals surface area (Å²) in [5, 5.41) is 3.19. The maximum atomic E-state index is 5.93. The van der Waals surface area contributed by atoms with Gasteiger partial charge in [-0.05, 0) is 30.7 Å². The molecule has 0 amide bonds. The van der Waals surface area contributed by atoms with Crippen LogP contribution in [0.1, 0.15) is 5.56 Å². The molecule has 0 spiro atoms. The smallest absolute Gasteiger partial charge is 0.0934 e. The fourth-order valence-corrected chi connectivity index (χ4v) is 2.19. The molecule has 2 N–H and O–H groups in total. The first-order chi connectivity index (χ1) is 6.77. The normalized spacial score (nSPS) is 17.1. The lowest BCUT2D eigenvalue weighted by atomic mass is 10.1. The summed E-state index contributed by atoms with van der Waals surface area (Å²) in [6.45, 7) is 6.80. The van der Waals surface area contributed by atoms with Crippen LogP contribution in [-0.4, -0.2) is 26.2 Å². The zero-order valence-corrected chi connectivity index (χ0v) is 9.22. The van der Waals surface area contributed by atoms with Gasteiger partial charge in [0, 0.05) is 10.7 Å². The van der Waals surface area contributed by atoms with Crippen LogP contribution in [-0.2, 0) is 0 Å². The van der Waals surface area contributed by atoms with Crippen LogP contribution in [0.2, 0.25) is 5.02 Å². The Labute approximate surface area is 89.9 Å². The van der Waals surface area contributed by atoms with E-state index in [1.807, 2.05) is 12.1 Å². The minimum absolute atomic E-state index is 0.829. The second kappa shape index (κ2) is 4.20. The first-order valence-corrected chi connectivity index (χ1v) is 5.48. The maximum absolute atomic E-state index is 5.93. The molecule has 0 atom stereocenters. The highest BCUT2D eigenvalue weighted by Crippen LogP contribution is 2.23. The number of piperazine rings is 1. The van der Waals surface area contributed by atoms with E-state index in [9.17, 15) is 0 Å². The lowest BCUT2D eigenvalue weighted by Crippen LogP contribution is -2.89. The number of anilines is 1. The fraction of sp³-hybridized carbons (Fsp3) is 0.455. The van der Waals surface area contributed by atoms with Gasteiger partial charge in [0.05, 0.1) is 26.2 Å². The molecule has 0 unspecified atom stereocenters. The van der Waals surface area contributed by atoms with Crippen molar-refractivity contribution in [1.82, 2.24) is 0 Å². The van der Waals surface area contributed by atoms with Gasteiger partial charge in [-0.2, -0.15) is 0 Å². The average molecular weight is 212 g/mol. The monoisotopic (exact) mass is 211 g/mol. The van der Waals surface area contributed by atoms with Crippen molar-refractivity contribution >= 4 is 17.3 Å². The number of quaternary nitrogens is 1. The number of aryl methyl sites for hydroxylation is 1. The van der Waals surface area contributed by atoms with E-state index in [-0.39, 0.29) is 0 Å². The van der Waals surface area contributed by atoms with E-state index in [1.54, 1.807) is 0 Å². The van der Waals surface area contributed by atoms with Crippen LogP contribution < -0.4 is 10.2 Å². The Morgan fingerprint density at radius 2 is 2.00 bits per heavy atom. The third kappa shape index (κ3) is 2.02. The highest BCUT2D eigenvalue weighted by Gasteiger charge is 2.14. The van der Waals surface area contributed by atoms with Gasteiger partial charge in [-0.25, -0.2) is 0 Å². The molecule has 3 heteroatoms. The Morgan fingerprint density at radius 1 is 1.29 bits per heavy atom. The molecule has 2 nitrogen and oxygen atoms in total. The van der Waals surface area contributed by atoms with Crippen LogP contribution in [0.3, 0.4) is 0 Å². The molecule has 1 aromatic carbocycles. The Kier molecular flexibility index (Phi) is 2.94. The van der Waals surface area contributed by atoms with Crippen molar-refractivity contribution < 1.29 is 5.32 Å². The molecule has 1 aliphatic heterocycles. The standard InChI is InChI=1S/C11H15ClN2/c1-9-8-10(12)2-3-11(9)14-6-4-13-5-7-14/h2-3,8,13H,4-7H2,1H3/p+1. The Morgan fingerprint density at radius 3 is 2.64 bits per heavy atom. The van der Waals surface area contributed by atoms with Crippen LogP contribution in [0.5, 0.6) is 0 Å². The van der Waals surface area contributed by atoms with Crippen molar-refractivity contribution in [3.63, 3.8) is 0 Å². The second-order valence-corrected chi connectivity index (χ2v) is 4.22. The summed E-state index contributed by atoms with van der Waals surface area (Å²) in [4.78, 5) is 2.44. The molecule has 1 saturated heterocycles. The highest BCUT2D eigenvalue weighted by molar-refractivity contribution is 6.30. The molecule has 76 valence electrons. The number of nitrogens with zero attached hydrogens (tertiary/aromatic N) is 1. The van der Waals surface area contributed by atoms with Crippen molar-refractivity contribution in [1.29, 1.82) is 0 Å². The number of benzene rings is 1. The molecule has 0 radical (unpaired) electrons. The van der Waals surface area contributed by atoms with E-state index in [4.69, 9.17) is 11.6 Å². The molecule has 0 aromatic heterocycles. The highest BCUT2D eigenvalue weighted by atomic mass is 35.5. The minimum Gasteiger partial charge on any atom is -0.360 e. The summed E-state index contributed by atoms with van der Waals surface area (Å²) in [6.07, 6.45) is 0. The van der Waals surface area contributed by atoms with Crippen molar-refractivity contribution in [3.8, 4) is 0 Å². The van der Waals surface area contributed by atoms with Crippen molar-refractivity contribution in [3.05, 3.63) is 28.8 Å². The first-order valence-electron chi connectivity index (χ1n) is 5.10. The minimum atomic E-state index is 0.829. The van der Waals surface area contributed by atoms with E-state index in [2.05, 4.69) is 23.2 Å². The average Bonchev–Trinajstić information content (AvgIpc) is 2.19. The van der Waals surface area contributed by atoms with Crippen molar-refractivity contribution in [2.75, 3.05) is 31.1 Å². The predicted octanol–water partition coefficient (Wildman–Crippen LogP) is 1.03. The van der Waals surface area contributed by atoms with Gasteiger partial charge in [0.25, 0.3) is 0 Å². The third-order valence-electron chi connectivity index (χ3n) is 2.71. The van der Waals surface area contributed by atoms with Gasteiger partial charge in [-0.1, -0.05) is 11.6 Å². The second-order valence-electron chi connectivity index (χ2n) is 3.78. The van der Waals surface area contributed by atoms with Crippen molar-refractivity contribution in [2.45, 2.75) is 6.92 Å². The van der Waals surface area contributed by atoms with E-state index < -0.39 is 0 Å². The topological polar surface area (TPSA) is 19.9 Å².